The third kappa shape index (κ3) is 2.61. The van der Waals surface area contributed by atoms with E-state index in [4.69, 9.17) is 0 Å². The van der Waals surface area contributed by atoms with Crippen molar-refractivity contribution in [3.63, 3.8) is 0 Å². The maximum Gasteiger partial charge on any atom is 0.339 e. The quantitative estimate of drug-likeness (QED) is 0.644. The van der Waals surface area contributed by atoms with Crippen LogP contribution in [0.1, 0.15) is 65.7 Å². The molecule has 0 heterocycles. The van der Waals surface area contributed by atoms with E-state index in [0.29, 0.717) is 36.5 Å². The molecule has 150 valence electrons. The second-order valence-electron chi connectivity index (χ2n) is 10.1. The SMILES string of the molecule is CC1CC(=O)C=C2CC[C@H]3[C@@H]4CC[C@H](C(=O)C(O)(O)O)[C@@]4(C)CC[C@@H]3[C@]21C. The molecular formula is C22H32O5. The zero-order valence-electron chi connectivity index (χ0n) is 16.6. The molecule has 3 saturated carbocycles. The number of fused-ring (bicyclic) bond motifs is 5. The summed E-state index contributed by atoms with van der Waals surface area (Å²) in [6, 6.07) is 0. The topological polar surface area (TPSA) is 94.8 Å². The number of aliphatic hydroxyl groups is 3. The van der Waals surface area contributed by atoms with Crippen molar-refractivity contribution in [2.75, 3.05) is 0 Å². The Kier molecular flexibility index (Phi) is 4.27. The standard InChI is InChI=1S/C22H32O5/c1-12-10-14(23)11-13-4-5-15-16-6-7-18(19(24)22(25,26)27)20(16,2)9-8-17(15)21(12,13)3/h11-12,15-18,25-27H,4-10H2,1-3H3/t12?,15-,16-,17-,18+,20-,21-/m0/s1. The Hall–Kier alpha value is -1.04. The van der Waals surface area contributed by atoms with Crippen LogP contribution >= 0.6 is 0 Å². The van der Waals surface area contributed by atoms with Gasteiger partial charge in [0.2, 0.25) is 5.78 Å². The molecule has 4 rings (SSSR count). The van der Waals surface area contributed by atoms with Crippen molar-refractivity contribution in [2.24, 2.45) is 40.4 Å². The van der Waals surface area contributed by atoms with Gasteiger partial charge in [-0.25, -0.2) is 0 Å². The summed E-state index contributed by atoms with van der Waals surface area (Å²) in [6.45, 7) is 6.66. The maximum atomic E-state index is 12.5. The molecule has 5 heteroatoms. The Bertz CT molecular complexity index is 704. The first-order valence-electron chi connectivity index (χ1n) is 10.4. The fourth-order valence-electron chi connectivity index (χ4n) is 7.61. The zero-order chi connectivity index (χ0) is 19.8. The summed E-state index contributed by atoms with van der Waals surface area (Å²) in [5, 5.41) is 28.4. The molecule has 27 heavy (non-hydrogen) atoms. The largest absolute Gasteiger partial charge is 0.339 e. The van der Waals surface area contributed by atoms with Crippen molar-refractivity contribution in [1.29, 1.82) is 0 Å². The summed E-state index contributed by atoms with van der Waals surface area (Å²) in [6.07, 6.45) is 7.86. The lowest BCUT2D eigenvalue weighted by Gasteiger charge is -2.59. The predicted molar refractivity (Wildman–Crippen MR) is 99.1 cm³/mol. The van der Waals surface area contributed by atoms with Crippen molar-refractivity contribution in [2.45, 2.75) is 71.7 Å². The van der Waals surface area contributed by atoms with Crippen LogP contribution in [0, 0.1) is 40.4 Å². The molecule has 3 N–H and O–H groups in total. The molecule has 0 spiro atoms. The highest BCUT2D eigenvalue weighted by Crippen LogP contribution is 2.67. The molecule has 1 unspecified atom stereocenters. The van der Waals surface area contributed by atoms with Crippen LogP contribution in [0.5, 0.6) is 0 Å². The van der Waals surface area contributed by atoms with Gasteiger partial charge in [0.15, 0.2) is 5.78 Å². The molecule has 4 aliphatic carbocycles. The molecular weight excluding hydrogens is 344 g/mol. The van der Waals surface area contributed by atoms with E-state index in [0.717, 1.165) is 32.1 Å². The van der Waals surface area contributed by atoms with Gasteiger partial charge in [0.05, 0.1) is 0 Å². The third-order valence-corrected chi connectivity index (χ3v) is 9.16. The number of hydrogen-bond acceptors (Lipinski definition) is 5. The molecule has 4 aliphatic rings. The molecule has 0 bridgehead atoms. The lowest BCUT2D eigenvalue weighted by Crippen LogP contribution is -2.54. The smallest absolute Gasteiger partial charge is 0.337 e. The Morgan fingerprint density at radius 3 is 2.48 bits per heavy atom. The van der Waals surface area contributed by atoms with E-state index < -0.39 is 17.7 Å². The number of Topliss-reactive ketones (excluding diaryl/α,β-unsaturated/α-hetero) is 1. The van der Waals surface area contributed by atoms with Gasteiger partial charge in [-0.1, -0.05) is 26.3 Å². The van der Waals surface area contributed by atoms with Crippen LogP contribution in [-0.4, -0.2) is 32.9 Å². The average Bonchev–Trinajstić information content (AvgIpc) is 2.92. The van der Waals surface area contributed by atoms with E-state index in [9.17, 15) is 24.9 Å². The van der Waals surface area contributed by atoms with Crippen LogP contribution < -0.4 is 0 Å². The van der Waals surface area contributed by atoms with E-state index in [-0.39, 0.29) is 16.6 Å². The summed E-state index contributed by atoms with van der Waals surface area (Å²) >= 11 is 0. The lowest BCUT2D eigenvalue weighted by atomic mass is 9.45. The second kappa shape index (κ2) is 5.98. The van der Waals surface area contributed by atoms with Gasteiger partial charge >= 0.3 is 5.97 Å². The van der Waals surface area contributed by atoms with Gasteiger partial charge in [0.1, 0.15) is 0 Å². The van der Waals surface area contributed by atoms with Crippen molar-refractivity contribution >= 4 is 11.6 Å². The monoisotopic (exact) mass is 376 g/mol. The Labute approximate surface area is 160 Å². The summed E-state index contributed by atoms with van der Waals surface area (Å²) < 4.78 is 0. The lowest BCUT2D eigenvalue weighted by molar-refractivity contribution is -0.291. The first-order chi connectivity index (χ1) is 12.5. The van der Waals surface area contributed by atoms with Crippen molar-refractivity contribution in [3.8, 4) is 0 Å². The Morgan fingerprint density at radius 2 is 1.81 bits per heavy atom. The van der Waals surface area contributed by atoms with Crippen LogP contribution in [0.25, 0.3) is 0 Å². The van der Waals surface area contributed by atoms with Crippen molar-refractivity contribution < 1.29 is 24.9 Å². The highest BCUT2D eigenvalue weighted by molar-refractivity contribution is 5.92. The highest BCUT2D eigenvalue weighted by atomic mass is 16.7. The number of ketones is 2. The molecule has 0 aliphatic heterocycles. The molecule has 7 atom stereocenters. The van der Waals surface area contributed by atoms with Crippen LogP contribution in [0.15, 0.2) is 11.6 Å². The first-order valence-corrected chi connectivity index (χ1v) is 10.4. The fraction of sp³-hybridized carbons (Fsp3) is 0.818. The molecule has 0 aromatic rings. The Balaban J connectivity index is 1.66. The minimum Gasteiger partial charge on any atom is -0.337 e. The van der Waals surface area contributed by atoms with Gasteiger partial charge in [-0.05, 0) is 79.1 Å². The number of carbonyl (C=O) groups is 2. The van der Waals surface area contributed by atoms with Gasteiger partial charge < -0.3 is 15.3 Å². The number of hydrogen-bond donors (Lipinski definition) is 3. The van der Waals surface area contributed by atoms with E-state index in [1.165, 1.54) is 5.57 Å². The van der Waals surface area contributed by atoms with Gasteiger partial charge in [-0.2, -0.15) is 0 Å². The van der Waals surface area contributed by atoms with E-state index >= 15 is 0 Å². The second-order valence-corrected chi connectivity index (χ2v) is 10.1. The number of rotatable bonds is 2. The predicted octanol–water partition coefficient (Wildman–Crippen LogP) is 2.58. The molecule has 5 nitrogen and oxygen atoms in total. The maximum absolute atomic E-state index is 12.5. The summed E-state index contributed by atoms with van der Waals surface area (Å²) in [4.78, 5) is 24.6. The highest BCUT2D eigenvalue weighted by Gasteiger charge is 2.62. The van der Waals surface area contributed by atoms with Crippen LogP contribution in [0.4, 0.5) is 0 Å². The van der Waals surface area contributed by atoms with Gasteiger partial charge in [0, 0.05) is 12.3 Å². The molecule has 0 aromatic carbocycles. The van der Waals surface area contributed by atoms with Crippen molar-refractivity contribution in [1.82, 2.24) is 0 Å². The Morgan fingerprint density at radius 1 is 1.11 bits per heavy atom. The molecule has 0 radical (unpaired) electrons. The average molecular weight is 376 g/mol. The van der Waals surface area contributed by atoms with Crippen LogP contribution in [0.2, 0.25) is 0 Å². The minimum atomic E-state index is -3.23. The molecule has 3 fully saturated rings. The summed E-state index contributed by atoms with van der Waals surface area (Å²) in [5.74, 6) is -2.63. The van der Waals surface area contributed by atoms with Crippen LogP contribution in [0.3, 0.4) is 0 Å². The van der Waals surface area contributed by atoms with Crippen LogP contribution in [-0.2, 0) is 9.59 Å². The minimum absolute atomic E-state index is 0.0505. The summed E-state index contributed by atoms with van der Waals surface area (Å²) in [5.41, 5.74) is 1.08. The normalized spacial score (nSPS) is 47.0. The fourth-order valence-corrected chi connectivity index (χ4v) is 7.61. The zero-order valence-corrected chi connectivity index (χ0v) is 16.6. The molecule has 0 aromatic heterocycles. The van der Waals surface area contributed by atoms with Crippen molar-refractivity contribution in [3.05, 3.63) is 11.6 Å². The summed E-state index contributed by atoms with van der Waals surface area (Å²) in [7, 11) is 0. The third-order valence-electron chi connectivity index (χ3n) is 9.16. The number of allylic oxidation sites excluding steroid dienone is 1. The van der Waals surface area contributed by atoms with E-state index in [1.54, 1.807) is 0 Å². The van der Waals surface area contributed by atoms with Gasteiger partial charge in [0.25, 0.3) is 0 Å². The van der Waals surface area contributed by atoms with E-state index in [2.05, 4.69) is 20.8 Å². The molecule has 0 amide bonds. The van der Waals surface area contributed by atoms with Gasteiger partial charge in [-0.15, -0.1) is 0 Å². The first kappa shape index (κ1) is 19.3. The van der Waals surface area contributed by atoms with Gasteiger partial charge in [-0.3, -0.25) is 9.59 Å². The molecule has 0 saturated heterocycles. The van der Waals surface area contributed by atoms with E-state index in [1.807, 2.05) is 6.08 Å². The number of carbonyl (C=O) groups excluding carboxylic acids is 2.